The van der Waals surface area contributed by atoms with Crippen molar-refractivity contribution >= 4 is 77.0 Å². The Hall–Kier alpha value is -8.94. The highest BCUT2D eigenvalue weighted by atomic mass is 16.4. The Morgan fingerprint density at radius 2 is 0.816 bits per heavy atom. The molecule has 0 saturated heterocycles. The Balaban J connectivity index is 2.54. The van der Waals surface area contributed by atoms with Gasteiger partial charge in [-0.05, 0) is 79.6 Å². The molecule has 0 aliphatic rings. The summed E-state index contributed by atoms with van der Waals surface area (Å²) >= 11 is 0. The van der Waals surface area contributed by atoms with Crippen molar-refractivity contribution in [2.24, 2.45) is 74.2 Å². The second-order valence-electron chi connectivity index (χ2n) is 26.1. The van der Waals surface area contributed by atoms with Gasteiger partial charge in [-0.25, -0.2) is 9.78 Å². The van der Waals surface area contributed by atoms with Crippen molar-refractivity contribution in [3.63, 3.8) is 0 Å². The number of nitrogens with two attached hydrogens (primary N) is 5. The first-order valence-electron chi connectivity index (χ1n) is 34.0. The van der Waals surface area contributed by atoms with Crippen LogP contribution in [0.15, 0.2) is 52.8 Å². The van der Waals surface area contributed by atoms with Crippen LogP contribution in [-0.2, 0) is 65.6 Å². The zero-order valence-corrected chi connectivity index (χ0v) is 59.1. The predicted octanol–water partition coefficient (Wildman–Crippen LogP) is -1.17. The number of rotatable bonds is 46. The number of hydrogen-bond acceptors (Lipinski definition) is 16. The molecule has 23 N–H and O–H groups in total. The first kappa shape index (κ1) is 85.1. The van der Waals surface area contributed by atoms with E-state index in [1.807, 2.05) is 27.7 Å². The number of aliphatic hydroxyl groups excluding tert-OH is 1. The van der Waals surface area contributed by atoms with Crippen LogP contribution in [0, 0.1) is 35.5 Å². The van der Waals surface area contributed by atoms with Gasteiger partial charge in [-0.15, -0.1) is 0 Å². The van der Waals surface area contributed by atoms with Crippen molar-refractivity contribution in [1.82, 2.24) is 63.1 Å². The van der Waals surface area contributed by atoms with Gasteiger partial charge in [-0.2, -0.15) is 0 Å². The van der Waals surface area contributed by atoms with E-state index in [9.17, 15) is 63.0 Å². The largest absolute Gasteiger partial charge is 0.480 e. The zero-order valence-electron chi connectivity index (χ0n) is 59.1. The van der Waals surface area contributed by atoms with E-state index in [4.69, 9.17) is 28.7 Å². The molecular formula is C66H113N19O13. The van der Waals surface area contributed by atoms with E-state index >= 15 is 0 Å². The van der Waals surface area contributed by atoms with Gasteiger partial charge < -0.3 is 97.0 Å². The fourth-order valence-electron chi connectivity index (χ4n) is 10.4. The first-order valence-corrected chi connectivity index (χ1v) is 34.0. The number of aromatic amines is 1. The second kappa shape index (κ2) is 44.1. The van der Waals surface area contributed by atoms with Crippen molar-refractivity contribution in [2.75, 3.05) is 19.7 Å². The Morgan fingerprint density at radius 3 is 1.23 bits per heavy atom. The number of guanidine groups is 2. The zero-order chi connectivity index (χ0) is 73.9. The maximum atomic E-state index is 14.8. The molecule has 2 rings (SSSR count). The number of aliphatic hydroxyl groups is 1. The van der Waals surface area contributed by atoms with E-state index in [0.717, 1.165) is 0 Å². The van der Waals surface area contributed by atoms with Crippen LogP contribution < -0.4 is 81.8 Å². The predicted molar refractivity (Wildman–Crippen MR) is 371 cm³/mol. The van der Waals surface area contributed by atoms with Gasteiger partial charge in [0, 0.05) is 37.8 Å². The number of aliphatic imine (C=N–C) groups is 2. The van der Waals surface area contributed by atoms with Crippen LogP contribution in [0.5, 0.6) is 0 Å². The van der Waals surface area contributed by atoms with Crippen LogP contribution in [0.25, 0.3) is 0 Å². The van der Waals surface area contributed by atoms with Crippen LogP contribution in [0.3, 0.4) is 0 Å². The summed E-state index contributed by atoms with van der Waals surface area (Å²) < 4.78 is 0. The molecule has 1 aromatic carbocycles. The summed E-state index contributed by atoms with van der Waals surface area (Å²) in [6, 6.07) is -5.80. The minimum absolute atomic E-state index is 0.0236. The van der Waals surface area contributed by atoms with Crippen molar-refractivity contribution in [3.8, 4) is 0 Å². The van der Waals surface area contributed by atoms with Crippen molar-refractivity contribution < 1.29 is 63.0 Å². The Bertz CT molecular complexity index is 2930. The highest BCUT2D eigenvalue weighted by molar-refractivity contribution is 5.99. The third kappa shape index (κ3) is 30.2. The summed E-state index contributed by atoms with van der Waals surface area (Å²) in [5, 5.41) is 47.4. The van der Waals surface area contributed by atoms with Gasteiger partial charge in [0.2, 0.25) is 59.1 Å². The van der Waals surface area contributed by atoms with Crippen molar-refractivity contribution in [3.05, 3.63) is 54.1 Å². The molecule has 0 unspecified atom stereocenters. The minimum Gasteiger partial charge on any atom is -0.480 e. The fraction of sp³-hybridized carbons (Fsp3) is 0.667. The first-order chi connectivity index (χ1) is 46.2. The molecule has 98 heavy (non-hydrogen) atoms. The maximum absolute atomic E-state index is 14.8. The third-order valence-corrected chi connectivity index (χ3v) is 17.1. The molecule has 0 spiro atoms. The number of H-pyrrole nitrogens is 1. The lowest BCUT2D eigenvalue weighted by atomic mass is 9.94. The standard InChI is InChI=1S/C66H113N19O13/c1-13-37(9)50(60(93)79-46(29-36(7)8)58(91)84-51(38(10)14-2)62(95)81-49(33-86)59(92)78-48(31-42-32-72-34-75-42)57(90)77-45(64(97)98)25-21-27-74-66(70)71)83-55(88)44(24-20-26-73-65(68)69)76-56(89)47(30-41-22-18-17-19-23-41)80-61(94)52(39(11)15-3)85-63(96)53(40(12)16-4)82-54(87)43(67)28-35(5)6/h17-19,22-23,32,34-40,43-53,86H,13-16,20-21,24-31,33,67H2,1-12H3,(H,72,75)(H,76,89)(H,77,90)(H,78,92)(H,79,93)(H,80,94)(H,81,95)(H,82,87)(H,83,88)(H,84,91)(H,85,96)(H,97,98)(H4,68,69,73)(H4,70,71,74)/t37-,38-,39-,40-,43-,44-,45-,46-,47-,48-,49-,50-,51-,52-,53-/m0/s1. The molecular weight excluding hydrogens is 1270 g/mol. The van der Waals surface area contributed by atoms with Gasteiger partial charge in [0.15, 0.2) is 11.9 Å². The third-order valence-electron chi connectivity index (χ3n) is 17.1. The number of nitrogens with zero attached hydrogens (tertiary/aromatic N) is 3. The molecule has 10 amide bonds. The number of carbonyl (C=O) groups is 11. The van der Waals surface area contributed by atoms with Crippen LogP contribution >= 0.6 is 0 Å². The Kier molecular flexibility index (Phi) is 38.3. The number of hydrogen-bond donors (Lipinski definition) is 18. The molecule has 1 aromatic heterocycles. The van der Waals surface area contributed by atoms with Crippen LogP contribution in [0.1, 0.15) is 159 Å². The Labute approximate surface area is 575 Å². The number of carbonyl (C=O) groups excluding carboxylic acids is 10. The number of nitrogens with one attached hydrogen (secondary N) is 11. The van der Waals surface area contributed by atoms with E-state index < -0.39 is 156 Å². The lowest BCUT2D eigenvalue weighted by Crippen LogP contribution is -2.62. The Morgan fingerprint density at radius 1 is 0.459 bits per heavy atom. The van der Waals surface area contributed by atoms with E-state index in [1.165, 1.54) is 12.5 Å². The number of aliphatic carboxylic acids is 1. The average molecular weight is 1380 g/mol. The van der Waals surface area contributed by atoms with E-state index in [2.05, 4.69) is 73.1 Å². The molecule has 32 nitrogen and oxygen atoms in total. The van der Waals surface area contributed by atoms with Crippen molar-refractivity contribution in [2.45, 2.75) is 227 Å². The van der Waals surface area contributed by atoms with E-state index in [1.54, 1.807) is 85.7 Å². The van der Waals surface area contributed by atoms with E-state index in [-0.39, 0.29) is 87.7 Å². The smallest absolute Gasteiger partial charge is 0.326 e. The monoisotopic (exact) mass is 1380 g/mol. The number of imidazole rings is 1. The molecule has 2 aromatic rings. The molecule has 32 heteroatoms. The molecule has 0 aliphatic carbocycles. The van der Waals surface area contributed by atoms with Crippen LogP contribution in [0.4, 0.5) is 0 Å². The molecule has 1 heterocycles. The molecule has 0 saturated carbocycles. The van der Waals surface area contributed by atoms with E-state index in [0.29, 0.717) is 43.4 Å². The highest BCUT2D eigenvalue weighted by Gasteiger charge is 2.39. The molecule has 550 valence electrons. The van der Waals surface area contributed by atoms with Gasteiger partial charge in [0.25, 0.3) is 0 Å². The van der Waals surface area contributed by atoms with Gasteiger partial charge in [-0.3, -0.25) is 57.9 Å². The number of carboxylic acid groups (broad SMARTS) is 1. The van der Waals surface area contributed by atoms with Gasteiger partial charge in [0.05, 0.1) is 19.0 Å². The SMILES string of the molecule is CC[C@H](C)[C@H](NC(=O)[C@H](CC(C)C)NC(=O)[C@@H](NC(=O)[C@H](CCCN=C(N)N)NC(=O)[C@H](Cc1ccccc1)NC(=O)[C@@H](NC(=O)[C@@H](NC(=O)[C@@H](N)CC(C)C)[C@@H](C)CC)[C@@H](C)CC)[C@@H](C)CC)C(=O)N[C@@H](CO)C(=O)N[C@@H](Cc1cnc[nH]1)C(=O)N[C@@H](CCCN=C(N)N)C(=O)O. The summed E-state index contributed by atoms with van der Waals surface area (Å²) in [5.41, 5.74) is 29.2. The summed E-state index contributed by atoms with van der Waals surface area (Å²) in [6.45, 7) is 20.6. The molecule has 0 aliphatic heterocycles. The topological polar surface area (TPSA) is 532 Å². The molecule has 15 atom stereocenters. The minimum atomic E-state index is -1.71. The summed E-state index contributed by atoms with van der Waals surface area (Å²) in [5.74, 6) is -12.0. The van der Waals surface area contributed by atoms with Gasteiger partial charge >= 0.3 is 5.97 Å². The summed E-state index contributed by atoms with van der Waals surface area (Å²) in [7, 11) is 0. The normalized spacial score (nSPS) is 15.9. The lowest BCUT2D eigenvalue weighted by molar-refractivity contribution is -0.142. The number of benzene rings is 1. The van der Waals surface area contributed by atoms with Crippen molar-refractivity contribution in [1.29, 1.82) is 0 Å². The average Bonchev–Trinajstić information content (AvgIpc) is 1.09. The lowest BCUT2D eigenvalue weighted by Gasteiger charge is -2.31. The fourth-order valence-corrected chi connectivity index (χ4v) is 10.4. The van der Waals surface area contributed by atoms with Crippen LogP contribution in [0.2, 0.25) is 0 Å². The second-order valence-corrected chi connectivity index (χ2v) is 26.1. The van der Waals surface area contributed by atoms with Crippen LogP contribution in [-0.4, -0.2) is 183 Å². The number of carboxylic acids is 1. The molecule has 0 fully saturated rings. The number of amides is 10. The van der Waals surface area contributed by atoms with Gasteiger partial charge in [0.1, 0.15) is 60.4 Å². The van der Waals surface area contributed by atoms with Gasteiger partial charge in [-0.1, -0.05) is 139 Å². The quantitative estimate of drug-likeness (QED) is 0.0211. The highest BCUT2D eigenvalue weighted by Crippen LogP contribution is 2.18. The summed E-state index contributed by atoms with van der Waals surface area (Å²) in [6.07, 6.45) is 4.48. The maximum Gasteiger partial charge on any atom is 0.326 e. The molecule has 0 radical (unpaired) electrons. The number of aromatic nitrogens is 2. The summed E-state index contributed by atoms with van der Waals surface area (Å²) in [4.78, 5) is 170. The molecule has 0 bridgehead atoms.